The van der Waals surface area contributed by atoms with Gasteiger partial charge < -0.3 is 10.1 Å². The molecule has 0 aliphatic carbocycles. The van der Waals surface area contributed by atoms with E-state index in [1.165, 1.54) is 28.7 Å². The molecule has 39 heavy (non-hydrogen) atoms. The summed E-state index contributed by atoms with van der Waals surface area (Å²) in [5, 5.41) is 7.61. The number of morpholine rings is 1. The number of hydrogen-bond acceptors (Lipinski definition) is 8. The van der Waals surface area contributed by atoms with Crippen LogP contribution in [-0.4, -0.2) is 59.5 Å². The van der Waals surface area contributed by atoms with Crippen molar-refractivity contribution >= 4 is 55.5 Å². The maximum atomic E-state index is 13.5. The quantitative estimate of drug-likeness (QED) is 0.289. The Morgan fingerprint density at radius 3 is 2.67 bits per heavy atom. The van der Waals surface area contributed by atoms with Crippen LogP contribution in [0.4, 0.5) is 24.0 Å². The fourth-order valence-corrected chi connectivity index (χ4v) is 5.72. The maximum absolute atomic E-state index is 13.5. The zero-order chi connectivity index (χ0) is 27.4. The average Bonchev–Trinajstić information content (AvgIpc) is 3.59. The lowest BCUT2D eigenvalue weighted by Crippen LogP contribution is -2.38. The van der Waals surface area contributed by atoms with E-state index in [-0.39, 0.29) is 5.91 Å². The van der Waals surface area contributed by atoms with Crippen LogP contribution in [0.3, 0.4) is 0 Å². The molecular formula is C26H24F3N5O3S2. The number of ether oxygens (including phenoxy) is 1. The standard InChI is InChI=1S/C26H24F3N5O3S2/c27-26(28,29)17-3-1-2-16(12-17)19(6-7-34-8-10-37-11-9-34)23(35)31-18-4-5-20-22(13-18)39-25(32-20)33-24(36)21-14-38-15-30-21/h1-5,12-15,19H,6-11H2,(H,31,35)(H,32,33,36). The van der Waals surface area contributed by atoms with Crippen molar-refractivity contribution in [3.05, 3.63) is 70.2 Å². The van der Waals surface area contributed by atoms with Crippen molar-refractivity contribution in [1.82, 2.24) is 14.9 Å². The van der Waals surface area contributed by atoms with E-state index in [2.05, 4.69) is 25.5 Å². The zero-order valence-electron chi connectivity index (χ0n) is 20.5. The lowest BCUT2D eigenvalue weighted by atomic mass is 9.92. The highest BCUT2D eigenvalue weighted by atomic mass is 32.1. The fourth-order valence-electron chi connectivity index (χ4n) is 4.29. The number of amides is 2. The van der Waals surface area contributed by atoms with Crippen LogP contribution in [0.1, 0.15) is 34.0 Å². The molecule has 0 bridgehead atoms. The summed E-state index contributed by atoms with van der Waals surface area (Å²) in [4.78, 5) is 36.3. The molecule has 2 amide bonds. The summed E-state index contributed by atoms with van der Waals surface area (Å²) in [7, 11) is 0. The van der Waals surface area contributed by atoms with Gasteiger partial charge in [-0.05, 0) is 42.8 Å². The van der Waals surface area contributed by atoms with Crippen LogP contribution in [0.2, 0.25) is 0 Å². The monoisotopic (exact) mass is 575 g/mol. The van der Waals surface area contributed by atoms with Crippen molar-refractivity contribution in [2.24, 2.45) is 0 Å². The molecule has 204 valence electrons. The first-order valence-electron chi connectivity index (χ1n) is 12.1. The van der Waals surface area contributed by atoms with Crippen molar-refractivity contribution < 1.29 is 27.5 Å². The van der Waals surface area contributed by atoms with Crippen molar-refractivity contribution in [2.45, 2.75) is 18.5 Å². The van der Waals surface area contributed by atoms with E-state index in [1.807, 2.05) is 0 Å². The van der Waals surface area contributed by atoms with Gasteiger partial charge in [0.2, 0.25) is 5.91 Å². The number of fused-ring (bicyclic) bond motifs is 1. The molecule has 0 spiro atoms. The van der Waals surface area contributed by atoms with E-state index in [9.17, 15) is 22.8 Å². The summed E-state index contributed by atoms with van der Waals surface area (Å²) in [6.07, 6.45) is -4.16. The van der Waals surface area contributed by atoms with Crippen LogP contribution in [0.15, 0.2) is 53.4 Å². The van der Waals surface area contributed by atoms with Gasteiger partial charge in [0.25, 0.3) is 5.91 Å². The van der Waals surface area contributed by atoms with E-state index in [0.29, 0.717) is 66.9 Å². The largest absolute Gasteiger partial charge is 0.416 e. The molecule has 1 fully saturated rings. The van der Waals surface area contributed by atoms with Gasteiger partial charge in [0.05, 0.1) is 40.4 Å². The molecule has 1 atom stereocenters. The van der Waals surface area contributed by atoms with E-state index in [4.69, 9.17) is 4.74 Å². The van der Waals surface area contributed by atoms with Crippen LogP contribution in [0.25, 0.3) is 10.2 Å². The summed E-state index contributed by atoms with van der Waals surface area (Å²) in [6, 6.07) is 10.1. The minimum Gasteiger partial charge on any atom is -0.379 e. The number of halogens is 3. The predicted octanol–water partition coefficient (Wildman–Crippen LogP) is 5.47. The molecule has 1 saturated heterocycles. The highest BCUT2D eigenvalue weighted by molar-refractivity contribution is 7.22. The molecule has 1 aliphatic rings. The first-order valence-corrected chi connectivity index (χ1v) is 13.9. The van der Waals surface area contributed by atoms with E-state index >= 15 is 0 Å². The van der Waals surface area contributed by atoms with Gasteiger partial charge in [-0.2, -0.15) is 13.2 Å². The maximum Gasteiger partial charge on any atom is 0.416 e. The first-order chi connectivity index (χ1) is 18.8. The van der Waals surface area contributed by atoms with E-state index in [1.54, 1.807) is 35.2 Å². The van der Waals surface area contributed by atoms with Crippen LogP contribution >= 0.6 is 22.7 Å². The fraction of sp³-hybridized carbons (Fsp3) is 0.308. The molecule has 2 N–H and O–H groups in total. The summed E-state index contributed by atoms with van der Waals surface area (Å²) in [6.45, 7) is 3.14. The van der Waals surface area contributed by atoms with Crippen molar-refractivity contribution in [2.75, 3.05) is 43.5 Å². The third-order valence-electron chi connectivity index (χ3n) is 6.31. The number of aromatic nitrogens is 2. The molecule has 2 aromatic heterocycles. The predicted molar refractivity (Wildman–Crippen MR) is 144 cm³/mol. The van der Waals surface area contributed by atoms with Gasteiger partial charge in [-0.1, -0.05) is 29.5 Å². The Balaban J connectivity index is 1.34. The van der Waals surface area contributed by atoms with Gasteiger partial charge in [0.1, 0.15) is 5.69 Å². The lowest BCUT2D eigenvalue weighted by Gasteiger charge is -2.28. The lowest BCUT2D eigenvalue weighted by molar-refractivity contribution is -0.137. The number of benzene rings is 2. The molecule has 4 aromatic rings. The van der Waals surface area contributed by atoms with Gasteiger partial charge >= 0.3 is 6.18 Å². The SMILES string of the molecule is O=C(Nc1nc2ccc(NC(=O)C(CCN3CCOCC3)c3cccc(C(F)(F)F)c3)cc2s1)c1cscn1. The topological polar surface area (TPSA) is 96.5 Å². The second kappa shape index (κ2) is 11.8. The number of nitrogens with one attached hydrogen (secondary N) is 2. The minimum absolute atomic E-state index is 0.296. The average molecular weight is 576 g/mol. The number of rotatable bonds is 8. The number of anilines is 2. The third kappa shape index (κ3) is 6.79. The number of nitrogens with zero attached hydrogens (tertiary/aromatic N) is 3. The number of alkyl halides is 3. The Kier molecular flexibility index (Phi) is 8.21. The molecule has 13 heteroatoms. The highest BCUT2D eigenvalue weighted by Gasteiger charge is 2.32. The van der Waals surface area contributed by atoms with Crippen LogP contribution in [0.5, 0.6) is 0 Å². The number of carbonyl (C=O) groups is 2. The molecule has 1 unspecified atom stereocenters. The number of thiazole rings is 2. The molecule has 0 saturated carbocycles. The van der Waals surface area contributed by atoms with Gasteiger partial charge in [-0.25, -0.2) is 9.97 Å². The Morgan fingerprint density at radius 1 is 1.10 bits per heavy atom. The van der Waals surface area contributed by atoms with Crippen LogP contribution in [0, 0.1) is 0 Å². The summed E-state index contributed by atoms with van der Waals surface area (Å²) >= 11 is 2.55. The van der Waals surface area contributed by atoms with Gasteiger partial charge in [0, 0.05) is 24.2 Å². The minimum atomic E-state index is -4.51. The second-order valence-corrected chi connectivity index (χ2v) is 10.7. The molecule has 3 heterocycles. The Labute approximate surface area is 229 Å². The zero-order valence-corrected chi connectivity index (χ0v) is 22.2. The molecular weight excluding hydrogens is 551 g/mol. The van der Waals surface area contributed by atoms with Gasteiger partial charge in [0.15, 0.2) is 5.13 Å². The smallest absolute Gasteiger partial charge is 0.379 e. The third-order valence-corrected chi connectivity index (χ3v) is 7.83. The number of carbonyl (C=O) groups excluding carboxylic acids is 2. The van der Waals surface area contributed by atoms with Crippen molar-refractivity contribution in [3.8, 4) is 0 Å². The van der Waals surface area contributed by atoms with Gasteiger partial charge in [-0.3, -0.25) is 19.8 Å². The summed E-state index contributed by atoms with van der Waals surface area (Å²) in [5.74, 6) is -1.56. The molecule has 5 rings (SSSR count). The van der Waals surface area contributed by atoms with Crippen LogP contribution in [-0.2, 0) is 15.7 Å². The van der Waals surface area contributed by atoms with E-state index in [0.717, 1.165) is 16.8 Å². The van der Waals surface area contributed by atoms with Crippen molar-refractivity contribution in [1.29, 1.82) is 0 Å². The molecule has 1 aliphatic heterocycles. The molecule has 8 nitrogen and oxygen atoms in total. The Hall–Kier alpha value is -3.39. The van der Waals surface area contributed by atoms with Crippen molar-refractivity contribution in [3.63, 3.8) is 0 Å². The molecule has 0 radical (unpaired) electrons. The van der Waals surface area contributed by atoms with E-state index < -0.39 is 23.6 Å². The summed E-state index contributed by atoms with van der Waals surface area (Å²) in [5.41, 5.74) is 2.50. The Morgan fingerprint density at radius 2 is 1.92 bits per heavy atom. The Bertz CT molecular complexity index is 1450. The first kappa shape index (κ1) is 27.2. The second-order valence-electron chi connectivity index (χ2n) is 8.94. The molecule has 2 aromatic carbocycles. The van der Waals surface area contributed by atoms with Crippen LogP contribution < -0.4 is 10.6 Å². The summed E-state index contributed by atoms with van der Waals surface area (Å²) < 4.78 is 46.3. The van der Waals surface area contributed by atoms with Gasteiger partial charge in [-0.15, -0.1) is 11.3 Å². The normalized spacial score (nSPS) is 15.3. The number of hydrogen-bond donors (Lipinski definition) is 2. The highest BCUT2D eigenvalue weighted by Crippen LogP contribution is 2.33.